The Morgan fingerprint density at radius 1 is 0.667 bits per heavy atom. The van der Waals surface area contributed by atoms with Gasteiger partial charge in [0.1, 0.15) is 11.5 Å². The summed E-state index contributed by atoms with van der Waals surface area (Å²) in [7, 11) is 0. The summed E-state index contributed by atoms with van der Waals surface area (Å²) in [6.45, 7) is 2.57. The van der Waals surface area contributed by atoms with E-state index in [-0.39, 0.29) is 0 Å². The van der Waals surface area contributed by atoms with E-state index in [1.807, 2.05) is 24.3 Å². The van der Waals surface area contributed by atoms with Gasteiger partial charge in [0, 0.05) is 9.75 Å². The highest BCUT2D eigenvalue weighted by Crippen LogP contribution is 2.36. The molecule has 0 saturated heterocycles. The zero-order chi connectivity index (χ0) is 18.9. The minimum atomic E-state index is 0.642. The fourth-order valence-corrected chi connectivity index (χ4v) is 3.67. The fourth-order valence-electron chi connectivity index (χ4n) is 2.67. The first-order valence-corrected chi connectivity index (χ1v) is 10.1. The van der Waals surface area contributed by atoms with Crippen LogP contribution in [0.15, 0.2) is 60.7 Å². The third-order valence-corrected chi connectivity index (χ3v) is 5.26. The van der Waals surface area contributed by atoms with Crippen LogP contribution >= 0.6 is 11.3 Å². The Kier molecular flexibility index (Phi) is 7.27. The number of ether oxygens (including phenoxy) is 2. The van der Waals surface area contributed by atoms with Crippen molar-refractivity contribution in [2.75, 3.05) is 26.3 Å². The van der Waals surface area contributed by atoms with E-state index in [0.29, 0.717) is 26.3 Å². The van der Waals surface area contributed by atoms with E-state index in [2.05, 4.69) is 36.4 Å². The standard InChI is InChI=1S/C22H26N2O2S/c23-11-3-13-25-19-7-1-5-17(15-19)21-9-10-22(27-21)18-6-2-8-20(16-18)26-14-4-12-24/h1-2,5-10,15-16H,3-4,11-14,23-24H2. The number of hydrogen-bond donors (Lipinski definition) is 2. The van der Waals surface area contributed by atoms with Gasteiger partial charge in [0.25, 0.3) is 0 Å². The first-order chi connectivity index (χ1) is 13.3. The fraction of sp³-hybridized carbons (Fsp3) is 0.273. The molecule has 0 aliphatic carbocycles. The normalized spacial score (nSPS) is 10.7. The zero-order valence-corrected chi connectivity index (χ0v) is 16.2. The maximum atomic E-state index is 5.76. The average Bonchev–Trinajstić information content (AvgIpc) is 3.19. The lowest BCUT2D eigenvalue weighted by molar-refractivity contribution is 0.313. The molecule has 3 aromatic rings. The van der Waals surface area contributed by atoms with Gasteiger partial charge in [-0.15, -0.1) is 11.3 Å². The van der Waals surface area contributed by atoms with E-state index in [0.717, 1.165) is 35.5 Å². The molecule has 1 aromatic heterocycles. The van der Waals surface area contributed by atoms with Crippen molar-refractivity contribution in [3.05, 3.63) is 60.7 Å². The molecule has 0 bridgehead atoms. The van der Waals surface area contributed by atoms with E-state index in [1.165, 1.54) is 9.75 Å². The lowest BCUT2D eigenvalue weighted by Gasteiger charge is -2.07. The van der Waals surface area contributed by atoms with Crippen molar-refractivity contribution in [1.82, 2.24) is 0 Å². The number of rotatable bonds is 10. The van der Waals surface area contributed by atoms with Gasteiger partial charge >= 0.3 is 0 Å². The van der Waals surface area contributed by atoms with Crippen molar-refractivity contribution in [2.45, 2.75) is 12.8 Å². The van der Waals surface area contributed by atoms with E-state index >= 15 is 0 Å². The Morgan fingerprint density at radius 2 is 1.15 bits per heavy atom. The molecule has 0 fully saturated rings. The molecule has 0 amide bonds. The van der Waals surface area contributed by atoms with Crippen LogP contribution in [0.2, 0.25) is 0 Å². The summed E-state index contributed by atoms with van der Waals surface area (Å²) < 4.78 is 11.5. The molecule has 0 atom stereocenters. The van der Waals surface area contributed by atoms with Gasteiger partial charge < -0.3 is 20.9 Å². The summed E-state index contributed by atoms with van der Waals surface area (Å²) in [6, 6.07) is 20.7. The van der Waals surface area contributed by atoms with Crippen molar-refractivity contribution in [2.24, 2.45) is 11.5 Å². The monoisotopic (exact) mass is 382 g/mol. The summed E-state index contributed by atoms with van der Waals surface area (Å²) in [5.41, 5.74) is 13.4. The maximum Gasteiger partial charge on any atom is 0.119 e. The second-order valence-corrected chi connectivity index (χ2v) is 7.28. The first kappa shape index (κ1) is 19.4. The highest BCUT2D eigenvalue weighted by Gasteiger charge is 2.07. The zero-order valence-electron chi connectivity index (χ0n) is 15.4. The smallest absolute Gasteiger partial charge is 0.119 e. The Morgan fingerprint density at radius 3 is 1.59 bits per heavy atom. The molecule has 0 radical (unpaired) electrons. The Hall–Kier alpha value is -2.34. The second-order valence-electron chi connectivity index (χ2n) is 6.20. The molecule has 0 aliphatic heterocycles. The predicted octanol–water partition coefficient (Wildman–Crippen LogP) is 4.54. The number of nitrogens with two attached hydrogens (primary N) is 2. The van der Waals surface area contributed by atoms with Gasteiger partial charge in [0.2, 0.25) is 0 Å². The SMILES string of the molecule is NCCCOc1cccc(-c2ccc(-c3cccc(OCCCN)c3)s2)c1. The molecular weight excluding hydrogens is 356 g/mol. The first-order valence-electron chi connectivity index (χ1n) is 9.26. The van der Waals surface area contributed by atoms with Crippen molar-refractivity contribution in [3.63, 3.8) is 0 Å². The van der Waals surface area contributed by atoms with Crippen molar-refractivity contribution < 1.29 is 9.47 Å². The molecule has 142 valence electrons. The Labute approximate surface area is 164 Å². The quantitative estimate of drug-likeness (QED) is 0.505. The van der Waals surface area contributed by atoms with E-state index in [9.17, 15) is 0 Å². The summed E-state index contributed by atoms with van der Waals surface area (Å²) in [6.07, 6.45) is 1.72. The van der Waals surface area contributed by atoms with E-state index in [4.69, 9.17) is 20.9 Å². The molecule has 5 heteroatoms. The van der Waals surface area contributed by atoms with Crippen LogP contribution in [0.4, 0.5) is 0 Å². The highest BCUT2D eigenvalue weighted by atomic mass is 32.1. The summed E-state index contributed by atoms with van der Waals surface area (Å²) in [4.78, 5) is 2.42. The molecule has 2 aromatic carbocycles. The summed E-state index contributed by atoms with van der Waals surface area (Å²) in [5, 5.41) is 0. The minimum absolute atomic E-state index is 0.642. The molecule has 3 rings (SSSR count). The van der Waals surface area contributed by atoms with Gasteiger partial charge in [-0.1, -0.05) is 24.3 Å². The largest absolute Gasteiger partial charge is 0.494 e. The second kappa shape index (κ2) is 10.1. The molecule has 4 nitrogen and oxygen atoms in total. The van der Waals surface area contributed by atoms with Crippen LogP contribution in [0.1, 0.15) is 12.8 Å². The van der Waals surface area contributed by atoms with Crippen LogP contribution in [-0.2, 0) is 0 Å². The Balaban J connectivity index is 1.73. The average molecular weight is 383 g/mol. The number of hydrogen-bond acceptors (Lipinski definition) is 5. The molecule has 0 spiro atoms. The third kappa shape index (κ3) is 5.57. The van der Waals surface area contributed by atoms with Gasteiger partial charge in [0.15, 0.2) is 0 Å². The summed E-state index contributed by atoms with van der Waals surface area (Å²) in [5.74, 6) is 1.76. The molecule has 1 heterocycles. The van der Waals surface area contributed by atoms with Crippen LogP contribution < -0.4 is 20.9 Å². The lowest BCUT2D eigenvalue weighted by atomic mass is 10.1. The molecule has 27 heavy (non-hydrogen) atoms. The van der Waals surface area contributed by atoms with Crippen LogP contribution in [0.25, 0.3) is 20.9 Å². The van der Waals surface area contributed by atoms with Crippen molar-refractivity contribution >= 4 is 11.3 Å². The van der Waals surface area contributed by atoms with Crippen LogP contribution in [0.5, 0.6) is 11.5 Å². The molecule has 0 aliphatic rings. The van der Waals surface area contributed by atoms with Gasteiger partial charge in [-0.2, -0.15) is 0 Å². The number of thiophene rings is 1. The van der Waals surface area contributed by atoms with Crippen LogP contribution in [0.3, 0.4) is 0 Å². The number of benzene rings is 2. The van der Waals surface area contributed by atoms with Gasteiger partial charge in [-0.25, -0.2) is 0 Å². The molecular formula is C22H26N2O2S. The van der Waals surface area contributed by atoms with Crippen molar-refractivity contribution in [3.8, 4) is 32.4 Å². The van der Waals surface area contributed by atoms with Crippen LogP contribution in [0, 0.1) is 0 Å². The van der Waals surface area contributed by atoms with Gasteiger partial charge in [-0.3, -0.25) is 0 Å². The van der Waals surface area contributed by atoms with E-state index < -0.39 is 0 Å². The summed E-state index contributed by atoms with van der Waals surface area (Å²) >= 11 is 1.76. The van der Waals surface area contributed by atoms with Crippen molar-refractivity contribution in [1.29, 1.82) is 0 Å². The third-order valence-electron chi connectivity index (χ3n) is 4.08. The Bertz CT molecular complexity index is 780. The van der Waals surface area contributed by atoms with Gasteiger partial charge in [0.05, 0.1) is 13.2 Å². The van der Waals surface area contributed by atoms with Crippen LogP contribution in [-0.4, -0.2) is 26.3 Å². The molecule has 0 unspecified atom stereocenters. The lowest BCUT2D eigenvalue weighted by Crippen LogP contribution is -2.05. The highest BCUT2D eigenvalue weighted by molar-refractivity contribution is 7.18. The molecule has 0 saturated carbocycles. The predicted molar refractivity (Wildman–Crippen MR) is 114 cm³/mol. The molecule has 4 N–H and O–H groups in total. The minimum Gasteiger partial charge on any atom is -0.494 e. The topological polar surface area (TPSA) is 70.5 Å². The van der Waals surface area contributed by atoms with Gasteiger partial charge in [-0.05, 0) is 73.5 Å². The van der Waals surface area contributed by atoms with E-state index in [1.54, 1.807) is 11.3 Å². The maximum absolute atomic E-state index is 5.76.